The molecule has 1 aliphatic heterocycles. The summed E-state index contributed by atoms with van der Waals surface area (Å²) in [7, 11) is 0. The van der Waals surface area contributed by atoms with Crippen molar-refractivity contribution in [2.24, 2.45) is 0 Å². The molecular weight excluding hydrogens is 355 g/mol. The molecule has 0 aliphatic carbocycles. The van der Waals surface area contributed by atoms with Crippen LogP contribution in [0.3, 0.4) is 0 Å². The van der Waals surface area contributed by atoms with Crippen LogP contribution in [0.15, 0.2) is 59.8 Å². The Morgan fingerprint density at radius 1 is 1.09 bits per heavy atom. The van der Waals surface area contributed by atoms with Gasteiger partial charge in [-0.05, 0) is 24.3 Å². The molecule has 0 bridgehead atoms. The average molecular weight is 365 g/mol. The van der Waals surface area contributed by atoms with Crippen molar-refractivity contribution in [2.45, 2.75) is 5.16 Å². The second-order valence-corrected chi connectivity index (χ2v) is 9.09. The molecule has 1 unspecified atom stereocenters. The second-order valence-electron chi connectivity index (χ2n) is 4.74. The molecule has 1 aliphatic rings. The van der Waals surface area contributed by atoms with E-state index in [9.17, 15) is 4.57 Å². The lowest BCUT2D eigenvalue weighted by molar-refractivity contribution is 0.501. The SMILES string of the molecule is O=P1(Oc2ccc(Cl)cc2)Nn2c(nnc2-c2ccccc2)S1. The van der Waals surface area contributed by atoms with Gasteiger partial charge in [0, 0.05) is 22.0 Å². The minimum Gasteiger partial charge on any atom is -0.421 e. The van der Waals surface area contributed by atoms with Crippen LogP contribution < -0.4 is 9.72 Å². The molecule has 2 aromatic carbocycles. The minimum absolute atomic E-state index is 0.470. The van der Waals surface area contributed by atoms with Crippen molar-refractivity contribution in [3.05, 3.63) is 59.6 Å². The summed E-state index contributed by atoms with van der Waals surface area (Å²) in [6, 6.07) is 16.2. The fraction of sp³-hybridized carbons (Fsp3) is 0. The second kappa shape index (κ2) is 5.60. The molecule has 0 fully saturated rings. The molecule has 0 saturated carbocycles. The largest absolute Gasteiger partial charge is 0.421 e. The number of hydrogen-bond donors (Lipinski definition) is 1. The standard InChI is InChI=1S/C14H10ClN4O2PS/c15-11-6-8-12(9-7-11)21-22(20)18-19-13(16-17-14(19)23-22)10-4-2-1-3-5-10/h1-9H,(H,18,20). The third kappa shape index (κ3) is 2.83. The quantitative estimate of drug-likeness (QED) is 0.693. The fourth-order valence-corrected chi connectivity index (χ4v) is 5.51. The lowest BCUT2D eigenvalue weighted by Gasteiger charge is -2.13. The molecule has 0 saturated heterocycles. The highest BCUT2D eigenvalue weighted by molar-refractivity contribution is 8.57. The van der Waals surface area contributed by atoms with Gasteiger partial charge in [0.15, 0.2) is 5.82 Å². The first-order valence-corrected chi connectivity index (χ1v) is 10.1. The highest BCUT2D eigenvalue weighted by Crippen LogP contribution is 2.63. The Bertz CT molecular complexity index is 901. The molecule has 0 radical (unpaired) electrons. The first kappa shape index (κ1) is 14.6. The van der Waals surface area contributed by atoms with Crippen molar-refractivity contribution < 1.29 is 9.09 Å². The molecule has 1 N–H and O–H groups in total. The molecule has 6 nitrogen and oxygen atoms in total. The summed E-state index contributed by atoms with van der Waals surface area (Å²) < 4.78 is 20.1. The summed E-state index contributed by atoms with van der Waals surface area (Å²) in [6.45, 7) is -3.20. The molecule has 9 heteroatoms. The van der Waals surface area contributed by atoms with Crippen molar-refractivity contribution in [1.29, 1.82) is 0 Å². The fourth-order valence-electron chi connectivity index (χ4n) is 2.12. The Morgan fingerprint density at radius 3 is 2.57 bits per heavy atom. The molecule has 1 atom stereocenters. The van der Waals surface area contributed by atoms with Crippen molar-refractivity contribution in [3.8, 4) is 17.1 Å². The van der Waals surface area contributed by atoms with Gasteiger partial charge in [0.05, 0.1) is 0 Å². The molecule has 23 heavy (non-hydrogen) atoms. The van der Waals surface area contributed by atoms with Gasteiger partial charge in [0.1, 0.15) is 5.75 Å². The van der Waals surface area contributed by atoms with E-state index in [4.69, 9.17) is 16.1 Å². The smallest absolute Gasteiger partial charge is 0.421 e. The first-order chi connectivity index (χ1) is 11.1. The van der Waals surface area contributed by atoms with E-state index in [0.717, 1.165) is 16.9 Å². The number of hydrogen-bond acceptors (Lipinski definition) is 5. The maximum atomic E-state index is 12.9. The van der Waals surface area contributed by atoms with Crippen LogP contribution in [0.4, 0.5) is 0 Å². The summed E-state index contributed by atoms with van der Waals surface area (Å²) in [6.07, 6.45) is 0. The highest BCUT2D eigenvalue weighted by Gasteiger charge is 2.39. The van der Waals surface area contributed by atoms with E-state index in [1.165, 1.54) is 0 Å². The number of fused-ring (bicyclic) bond motifs is 1. The average Bonchev–Trinajstić information content (AvgIpc) is 3.07. The molecular formula is C14H10ClN4O2PS. The molecule has 116 valence electrons. The monoisotopic (exact) mass is 364 g/mol. The Hall–Kier alpha value is -1.95. The molecule has 2 heterocycles. The van der Waals surface area contributed by atoms with E-state index in [-0.39, 0.29) is 0 Å². The zero-order valence-corrected chi connectivity index (χ0v) is 14.1. The Labute approximate surface area is 141 Å². The number of nitrogens with zero attached hydrogens (tertiary/aromatic N) is 3. The van der Waals surface area contributed by atoms with Gasteiger partial charge in [-0.2, -0.15) is 0 Å². The highest BCUT2D eigenvalue weighted by atomic mass is 35.5. The molecule has 3 aromatic rings. The van der Waals surface area contributed by atoms with Gasteiger partial charge in [-0.3, -0.25) is 0 Å². The summed E-state index contributed by atoms with van der Waals surface area (Å²) in [5.41, 5.74) is 0.874. The molecule has 1 aromatic heterocycles. The lowest BCUT2D eigenvalue weighted by atomic mass is 10.2. The van der Waals surface area contributed by atoms with Gasteiger partial charge in [0.2, 0.25) is 5.16 Å². The summed E-state index contributed by atoms with van der Waals surface area (Å²) in [4.78, 5) is 0. The number of benzene rings is 2. The van der Waals surface area contributed by atoms with Gasteiger partial charge in [-0.25, -0.2) is 14.4 Å². The van der Waals surface area contributed by atoms with Crippen LogP contribution in [0, 0.1) is 0 Å². The third-order valence-corrected chi connectivity index (χ3v) is 6.62. The van der Waals surface area contributed by atoms with Crippen molar-refractivity contribution in [3.63, 3.8) is 0 Å². The van der Waals surface area contributed by atoms with Crippen LogP contribution in [0.2, 0.25) is 5.02 Å². The van der Waals surface area contributed by atoms with Crippen LogP contribution in [0.25, 0.3) is 11.4 Å². The normalized spacial score (nSPS) is 19.2. The topological polar surface area (TPSA) is 69.0 Å². The van der Waals surface area contributed by atoms with Crippen LogP contribution in [-0.2, 0) is 4.57 Å². The number of aromatic nitrogens is 3. The van der Waals surface area contributed by atoms with Crippen LogP contribution in [0.5, 0.6) is 5.75 Å². The number of rotatable bonds is 3. The van der Waals surface area contributed by atoms with Crippen molar-refractivity contribution in [2.75, 3.05) is 5.20 Å². The first-order valence-electron chi connectivity index (χ1n) is 6.67. The Kier molecular flexibility index (Phi) is 3.56. The molecule has 0 spiro atoms. The van der Waals surface area contributed by atoms with E-state index in [2.05, 4.69) is 15.4 Å². The number of halogens is 1. The summed E-state index contributed by atoms with van der Waals surface area (Å²) in [5, 5.41) is 12.2. The van der Waals surface area contributed by atoms with Gasteiger partial charge in [-0.15, -0.1) is 10.2 Å². The minimum atomic E-state index is -3.20. The van der Waals surface area contributed by atoms with E-state index in [1.54, 1.807) is 28.9 Å². The predicted octanol–water partition coefficient (Wildman–Crippen LogP) is 4.43. The number of nitrogens with one attached hydrogen (secondary N) is 1. The molecule has 0 amide bonds. The van der Waals surface area contributed by atoms with Gasteiger partial charge in [0.25, 0.3) is 0 Å². The predicted molar refractivity (Wildman–Crippen MR) is 90.4 cm³/mol. The van der Waals surface area contributed by atoms with Crippen LogP contribution in [-0.4, -0.2) is 14.9 Å². The van der Waals surface area contributed by atoms with Crippen LogP contribution in [0.1, 0.15) is 0 Å². The van der Waals surface area contributed by atoms with Crippen molar-refractivity contribution in [1.82, 2.24) is 14.9 Å². The van der Waals surface area contributed by atoms with E-state index < -0.39 is 6.72 Å². The maximum Gasteiger partial charge on any atom is 0.421 e. The van der Waals surface area contributed by atoms with E-state index in [0.29, 0.717) is 21.8 Å². The van der Waals surface area contributed by atoms with Crippen molar-refractivity contribution >= 4 is 29.7 Å². The van der Waals surface area contributed by atoms with E-state index in [1.807, 2.05) is 30.3 Å². The van der Waals surface area contributed by atoms with Gasteiger partial charge < -0.3 is 4.52 Å². The van der Waals surface area contributed by atoms with Gasteiger partial charge in [-0.1, -0.05) is 41.9 Å². The zero-order chi connectivity index (χ0) is 15.9. The Balaban J connectivity index is 1.61. The van der Waals surface area contributed by atoms with Gasteiger partial charge >= 0.3 is 6.72 Å². The molecule has 4 rings (SSSR count). The lowest BCUT2D eigenvalue weighted by Crippen LogP contribution is -2.09. The van der Waals surface area contributed by atoms with E-state index >= 15 is 0 Å². The van der Waals surface area contributed by atoms with Crippen LogP contribution >= 0.6 is 29.7 Å². The maximum absolute atomic E-state index is 12.9. The summed E-state index contributed by atoms with van der Waals surface area (Å²) in [5.74, 6) is 1.06. The third-order valence-electron chi connectivity index (χ3n) is 3.13. The zero-order valence-electron chi connectivity index (χ0n) is 11.6. The summed E-state index contributed by atoms with van der Waals surface area (Å²) >= 11 is 6.87. The Morgan fingerprint density at radius 2 is 1.83 bits per heavy atom.